The second-order valence-electron chi connectivity index (χ2n) is 5.62. The van der Waals surface area contributed by atoms with Crippen LogP contribution in [0.4, 0.5) is 6.01 Å². The van der Waals surface area contributed by atoms with Crippen molar-refractivity contribution in [2.45, 2.75) is 32.2 Å². The summed E-state index contributed by atoms with van der Waals surface area (Å²) >= 11 is 0. The number of hydrogen-bond donors (Lipinski definition) is 1. The third-order valence-electron chi connectivity index (χ3n) is 3.68. The molecule has 1 aliphatic heterocycles. The van der Waals surface area contributed by atoms with Crippen LogP contribution in [0, 0.1) is 6.92 Å². The fourth-order valence-corrected chi connectivity index (χ4v) is 3.71. The molecule has 2 aromatic heterocycles. The molecule has 1 unspecified atom stereocenters. The van der Waals surface area contributed by atoms with E-state index in [9.17, 15) is 13.2 Å². The zero-order valence-electron chi connectivity index (χ0n) is 13.2. The lowest BCUT2D eigenvalue weighted by molar-refractivity contribution is -0.120. The predicted octanol–water partition coefficient (Wildman–Crippen LogP) is 0.786. The molecule has 0 saturated carbocycles. The first-order chi connectivity index (χ1) is 11.3. The van der Waals surface area contributed by atoms with Crippen LogP contribution in [0.15, 0.2) is 15.0 Å². The van der Waals surface area contributed by atoms with Crippen molar-refractivity contribution < 1.29 is 22.2 Å². The Kier molecular flexibility index (Phi) is 4.37. The minimum Gasteiger partial charge on any atom is -0.400 e. The van der Waals surface area contributed by atoms with Gasteiger partial charge in [0.05, 0.1) is 11.9 Å². The van der Waals surface area contributed by atoms with Gasteiger partial charge in [0, 0.05) is 12.6 Å². The fourth-order valence-electron chi connectivity index (χ4n) is 2.59. The Hall–Kier alpha value is -2.27. The van der Waals surface area contributed by atoms with Gasteiger partial charge in [0.15, 0.2) is 0 Å². The summed E-state index contributed by atoms with van der Waals surface area (Å²) in [6, 6.07) is 0.714. The number of anilines is 1. The number of carbonyl (C=O) groups excluding carboxylic acids is 1. The van der Waals surface area contributed by atoms with Crippen molar-refractivity contribution in [2.24, 2.45) is 0 Å². The van der Waals surface area contributed by atoms with E-state index in [2.05, 4.69) is 20.7 Å². The van der Waals surface area contributed by atoms with E-state index >= 15 is 0 Å². The Balaban J connectivity index is 1.73. The van der Waals surface area contributed by atoms with Crippen molar-refractivity contribution in [3.05, 3.63) is 11.8 Å². The second kappa shape index (κ2) is 6.32. The molecule has 130 valence electrons. The average Bonchev–Trinajstić information content (AvgIpc) is 3.15. The first kappa shape index (κ1) is 16.6. The van der Waals surface area contributed by atoms with Gasteiger partial charge in [-0.1, -0.05) is 16.7 Å². The smallest absolute Gasteiger partial charge is 0.322 e. The molecule has 11 heteroatoms. The van der Waals surface area contributed by atoms with Gasteiger partial charge >= 0.3 is 6.01 Å². The van der Waals surface area contributed by atoms with Crippen LogP contribution in [0.2, 0.25) is 0 Å². The van der Waals surface area contributed by atoms with E-state index in [0.717, 1.165) is 19.1 Å². The number of aromatic nitrogens is 3. The summed E-state index contributed by atoms with van der Waals surface area (Å²) in [6.45, 7) is 2.07. The molecule has 0 aliphatic carbocycles. The Labute approximate surface area is 138 Å². The van der Waals surface area contributed by atoms with Crippen LogP contribution in [0.3, 0.4) is 0 Å². The number of hydrogen-bond acceptors (Lipinski definition) is 8. The molecule has 3 rings (SSSR count). The molecule has 1 N–H and O–H groups in total. The average molecular weight is 355 g/mol. The lowest BCUT2D eigenvalue weighted by Crippen LogP contribution is -2.49. The van der Waals surface area contributed by atoms with Crippen molar-refractivity contribution in [3.8, 4) is 11.7 Å². The Bertz CT molecular complexity index is 843. The van der Waals surface area contributed by atoms with Crippen LogP contribution in [-0.4, -0.2) is 52.8 Å². The van der Waals surface area contributed by atoms with Gasteiger partial charge in [-0.05, 0) is 19.8 Å². The molecule has 1 amide bonds. The molecule has 24 heavy (non-hydrogen) atoms. The van der Waals surface area contributed by atoms with Gasteiger partial charge < -0.3 is 8.94 Å². The number of nitrogens with zero attached hydrogens (tertiary/aromatic N) is 4. The number of aryl methyl sites for hydroxylation is 1. The molecule has 1 saturated heterocycles. The summed E-state index contributed by atoms with van der Waals surface area (Å²) in [5, 5.41) is 13.7. The molecule has 0 spiro atoms. The minimum absolute atomic E-state index is 0.0783. The molecule has 3 heterocycles. The van der Waals surface area contributed by atoms with Gasteiger partial charge in [0.2, 0.25) is 21.7 Å². The first-order valence-electron chi connectivity index (χ1n) is 7.39. The lowest BCUT2D eigenvalue weighted by Gasteiger charge is -2.32. The second-order valence-corrected chi connectivity index (χ2v) is 7.55. The Morgan fingerprint density at radius 1 is 1.38 bits per heavy atom. The van der Waals surface area contributed by atoms with Crippen LogP contribution in [0.25, 0.3) is 11.7 Å². The summed E-state index contributed by atoms with van der Waals surface area (Å²) < 4.78 is 35.1. The third-order valence-corrected chi connectivity index (χ3v) is 4.97. The van der Waals surface area contributed by atoms with E-state index in [4.69, 9.17) is 8.94 Å². The van der Waals surface area contributed by atoms with Crippen molar-refractivity contribution in [3.63, 3.8) is 0 Å². The number of sulfonamides is 1. The highest BCUT2D eigenvalue weighted by atomic mass is 32.2. The SMILES string of the molecule is Cc1cc(-c2nnc(NC(=O)C3CCCCN3S(C)(=O)=O)o2)on1. The van der Waals surface area contributed by atoms with Crippen LogP contribution in [0.1, 0.15) is 25.0 Å². The van der Waals surface area contributed by atoms with E-state index in [1.807, 2.05) is 0 Å². The molecule has 0 aromatic carbocycles. The Morgan fingerprint density at radius 2 is 2.17 bits per heavy atom. The van der Waals surface area contributed by atoms with E-state index in [0.29, 0.717) is 18.7 Å². The largest absolute Gasteiger partial charge is 0.400 e. The quantitative estimate of drug-likeness (QED) is 0.851. The molecule has 1 aliphatic rings. The van der Waals surface area contributed by atoms with E-state index < -0.39 is 22.0 Å². The van der Waals surface area contributed by atoms with Gasteiger partial charge in [-0.15, -0.1) is 5.10 Å². The van der Waals surface area contributed by atoms with Gasteiger partial charge in [0.25, 0.3) is 5.89 Å². The van der Waals surface area contributed by atoms with Crippen LogP contribution in [-0.2, 0) is 14.8 Å². The van der Waals surface area contributed by atoms with E-state index in [1.54, 1.807) is 13.0 Å². The number of nitrogens with one attached hydrogen (secondary N) is 1. The molecule has 0 radical (unpaired) electrons. The number of carbonyl (C=O) groups is 1. The maximum Gasteiger partial charge on any atom is 0.322 e. The predicted molar refractivity (Wildman–Crippen MR) is 82.4 cm³/mol. The zero-order valence-corrected chi connectivity index (χ0v) is 14.0. The molecule has 2 aromatic rings. The third kappa shape index (κ3) is 3.46. The lowest BCUT2D eigenvalue weighted by atomic mass is 10.0. The molecule has 1 atom stereocenters. The highest BCUT2D eigenvalue weighted by Crippen LogP contribution is 2.23. The summed E-state index contributed by atoms with van der Waals surface area (Å²) in [6.07, 6.45) is 3.04. The zero-order chi connectivity index (χ0) is 17.3. The topological polar surface area (TPSA) is 131 Å². The molecule has 10 nitrogen and oxygen atoms in total. The van der Waals surface area contributed by atoms with Gasteiger partial charge in [-0.2, -0.15) is 4.31 Å². The van der Waals surface area contributed by atoms with Crippen molar-refractivity contribution >= 4 is 21.9 Å². The first-order valence-corrected chi connectivity index (χ1v) is 9.24. The minimum atomic E-state index is -3.46. The van der Waals surface area contributed by atoms with Crippen LogP contribution >= 0.6 is 0 Å². The number of rotatable bonds is 4. The standard InChI is InChI=1S/C13H17N5O5S/c1-8-7-10(23-17-8)12-15-16-13(22-12)14-11(19)9-5-3-4-6-18(9)24(2,20)21/h7,9H,3-6H2,1-2H3,(H,14,16,19). The van der Waals surface area contributed by atoms with E-state index in [1.165, 1.54) is 4.31 Å². The summed E-state index contributed by atoms with van der Waals surface area (Å²) in [7, 11) is -3.46. The van der Waals surface area contributed by atoms with Crippen molar-refractivity contribution in [1.82, 2.24) is 19.7 Å². The molecule has 1 fully saturated rings. The normalized spacial score (nSPS) is 19.3. The highest BCUT2D eigenvalue weighted by Gasteiger charge is 2.35. The summed E-state index contributed by atoms with van der Waals surface area (Å²) in [5.74, 6) is -0.130. The molecule has 0 bridgehead atoms. The summed E-state index contributed by atoms with van der Waals surface area (Å²) in [5.41, 5.74) is 0.653. The maximum absolute atomic E-state index is 12.4. The maximum atomic E-state index is 12.4. The van der Waals surface area contributed by atoms with Crippen molar-refractivity contribution in [2.75, 3.05) is 18.1 Å². The monoisotopic (exact) mass is 355 g/mol. The summed E-state index contributed by atoms with van der Waals surface area (Å²) in [4.78, 5) is 12.4. The van der Waals surface area contributed by atoms with Gasteiger partial charge in [0.1, 0.15) is 6.04 Å². The van der Waals surface area contributed by atoms with Crippen LogP contribution in [0.5, 0.6) is 0 Å². The van der Waals surface area contributed by atoms with Crippen molar-refractivity contribution in [1.29, 1.82) is 0 Å². The highest BCUT2D eigenvalue weighted by molar-refractivity contribution is 7.88. The number of amides is 1. The van der Waals surface area contributed by atoms with E-state index in [-0.39, 0.29) is 17.7 Å². The van der Waals surface area contributed by atoms with Gasteiger partial charge in [-0.3, -0.25) is 10.1 Å². The molecular formula is C13H17N5O5S. The van der Waals surface area contributed by atoms with Gasteiger partial charge in [-0.25, -0.2) is 8.42 Å². The Morgan fingerprint density at radius 3 is 2.83 bits per heavy atom. The fraction of sp³-hybridized carbons (Fsp3) is 0.538. The number of piperidine rings is 1. The molecular weight excluding hydrogens is 338 g/mol. The van der Waals surface area contributed by atoms with Crippen LogP contribution < -0.4 is 5.32 Å².